The fourth-order valence-electron chi connectivity index (χ4n) is 6.22. The third kappa shape index (κ3) is 3.29. The van der Waals surface area contributed by atoms with E-state index < -0.39 is 0 Å². The Balaban J connectivity index is 1.28. The molecule has 7 heteroatoms. The summed E-state index contributed by atoms with van der Waals surface area (Å²) in [5.41, 5.74) is 8.59. The SMILES string of the molecule is N#Cc1ccc(-c2cc3n(c2)Cc2cc(N4CC5(CCCNC5)C4)ccc2-n2c(CO)cnc2-3)cc1. The molecule has 0 aliphatic carbocycles. The van der Waals surface area contributed by atoms with E-state index >= 15 is 0 Å². The highest BCUT2D eigenvalue weighted by Gasteiger charge is 2.43. The van der Waals surface area contributed by atoms with E-state index in [9.17, 15) is 5.11 Å². The zero-order valence-electron chi connectivity index (χ0n) is 20.1. The van der Waals surface area contributed by atoms with Crippen molar-refractivity contribution >= 4 is 5.69 Å². The predicted molar refractivity (Wildman–Crippen MR) is 139 cm³/mol. The molecule has 2 fully saturated rings. The number of aliphatic hydroxyl groups excluding tert-OH is 1. The number of aromatic nitrogens is 3. The molecule has 0 bridgehead atoms. The average Bonchev–Trinajstić information content (AvgIpc) is 3.49. The van der Waals surface area contributed by atoms with Gasteiger partial charge in [-0.05, 0) is 66.9 Å². The van der Waals surface area contributed by atoms with Crippen LogP contribution in [0, 0.1) is 16.7 Å². The fraction of sp³-hybridized carbons (Fsp3) is 0.310. The molecule has 180 valence electrons. The molecular formula is C29H28N6O. The molecule has 7 rings (SSSR count). The van der Waals surface area contributed by atoms with Crippen LogP contribution in [-0.2, 0) is 13.2 Å². The summed E-state index contributed by atoms with van der Waals surface area (Å²) in [7, 11) is 0. The molecule has 2 aromatic carbocycles. The second-order valence-corrected chi connectivity index (χ2v) is 10.4. The van der Waals surface area contributed by atoms with Gasteiger partial charge in [0.05, 0.1) is 41.5 Å². The number of hydrogen-bond acceptors (Lipinski definition) is 5. The summed E-state index contributed by atoms with van der Waals surface area (Å²) in [5.74, 6) is 0.835. The van der Waals surface area contributed by atoms with Crippen molar-refractivity contribution < 1.29 is 5.11 Å². The van der Waals surface area contributed by atoms with Gasteiger partial charge < -0.3 is 19.9 Å². The quantitative estimate of drug-likeness (QED) is 0.413. The lowest BCUT2D eigenvalue weighted by molar-refractivity contribution is 0.157. The van der Waals surface area contributed by atoms with Gasteiger partial charge in [-0.15, -0.1) is 0 Å². The molecule has 36 heavy (non-hydrogen) atoms. The number of nitriles is 1. The first-order valence-corrected chi connectivity index (χ1v) is 12.6. The maximum atomic E-state index is 10.1. The Morgan fingerprint density at radius 2 is 1.94 bits per heavy atom. The van der Waals surface area contributed by atoms with Crippen LogP contribution in [0.5, 0.6) is 0 Å². The van der Waals surface area contributed by atoms with Crippen molar-refractivity contribution in [2.45, 2.75) is 26.0 Å². The molecule has 2 aromatic heterocycles. The van der Waals surface area contributed by atoms with Gasteiger partial charge in [-0.2, -0.15) is 5.26 Å². The summed E-state index contributed by atoms with van der Waals surface area (Å²) in [6, 6.07) is 18.8. The summed E-state index contributed by atoms with van der Waals surface area (Å²) < 4.78 is 4.36. The fourth-order valence-corrected chi connectivity index (χ4v) is 6.22. The second kappa shape index (κ2) is 8.09. The number of fused-ring (bicyclic) bond motifs is 5. The van der Waals surface area contributed by atoms with E-state index in [4.69, 9.17) is 10.2 Å². The minimum atomic E-state index is -0.0704. The number of rotatable bonds is 3. The standard InChI is InChI=1S/C29H28N6O/c30-12-20-2-4-21(5-3-20)22-11-27-28-32-13-25(16-36)35(28)26-7-6-24(10-23(26)15-33(27)14-22)34-18-29(19-34)8-1-9-31-17-29/h2-7,10-11,13-14,31,36H,1,8-9,15-19H2. The van der Waals surface area contributed by atoms with E-state index in [2.05, 4.69) is 55.9 Å². The van der Waals surface area contributed by atoms with Crippen molar-refractivity contribution in [2.24, 2.45) is 5.41 Å². The molecule has 2 saturated heterocycles. The van der Waals surface area contributed by atoms with Crippen LogP contribution >= 0.6 is 0 Å². The summed E-state index contributed by atoms with van der Waals surface area (Å²) in [4.78, 5) is 7.22. The molecule has 3 aliphatic rings. The van der Waals surface area contributed by atoms with Crippen LogP contribution in [0.3, 0.4) is 0 Å². The first-order valence-electron chi connectivity index (χ1n) is 12.6. The highest BCUT2D eigenvalue weighted by atomic mass is 16.3. The Kier molecular flexibility index (Phi) is 4.81. The zero-order valence-corrected chi connectivity index (χ0v) is 20.1. The van der Waals surface area contributed by atoms with Crippen molar-refractivity contribution in [3.05, 3.63) is 77.7 Å². The summed E-state index contributed by atoms with van der Waals surface area (Å²) >= 11 is 0. The summed E-state index contributed by atoms with van der Waals surface area (Å²) in [5, 5.41) is 22.8. The molecule has 1 spiro atoms. The van der Waals surface area contributed by atoms with Crippen molar-refractivity contribution in [3.8, 4) is 34.4 Å². The van der Waals surface area contributed by atoms with Crippen molar-refractivity contribution in [1.82, 2.24) is 19.4 Å². The topological polar surface area (TPSA) is 82.0 Å². The molecule has 0 saturated carbocycles. The van der Waals surface area contributed by atoms with Crippen LogP contribution in [-0.4, -0.2) is 45.4 Å². The Hall–Kier alpha value is -3.86. The molecule has 5 heterocycles. The number of anilines is 1. The Morgan fingerprint density at radius 1 is 1.08 bits per heavy atom. The van der Waals surface area contributed by atoms with E-state index in [0.717, 1.165) is 66.8 Å². The first-order chi connectivity index (χ1) is 17.7. The number of imidazole rings is 1. The van der Waals surface area contributed by atoms with Crippen LogP contribution in [0.25, 0.3) is 28.3 Å². The molecule has 2 N–H and O–H groups in total. The Labute approximate surface area is 210 Å². The maximum Gasteiger partial charge on any atom is 0.161 e. The van der Waals surface area contributed by atoms with Crippen LogP contribution < -0.4 is 10.2 Å². The monoisotopic (exact) mass is 476 g/mol. The third-order valence-electron chi connectivity index (χ3n) is 8.09. The maximum absolute atomic E-state index is 10.1. The molecule has 0 amide bonds. The van der Waals surface area contributed by atoms with E-state index in [1.54, 1.807) is 6.20 Å². The zero-order chi connectivity index (χ0) is 24.3. The summed E-state index contributed by atoms with van der Waals surface area (Å²) in [6.45, 7) is 5.13. The lowest BCUT2D eigenvalue weighted by atomic mass is 9.74. The van der Waals surface area contributed by atoms with Gasteiger partial charge in [0.25, 0.3) is 0 Å². The smallest absolute Gasteiger partial charge is 0.161 e. The Morgan fingerprint density at radius 3 is 2.69 bits per heavy atom. The molecule has 0 radical (unpaired) electrons. The molecular weight excluding hydrogens is 448 g/mol. The minimum Gasteiger partial charge on any atom is -0.390 e. The highest BCUT2D eigenvalue weighted by molar-refractivity contribution is 5.73. The van der Waals surface area contributed by atoms with E-state index in [1.165, 1.54) is 24.1 Å². The van der Waals surface area contributed by atoms with Crippen LogP contribution in [0.1, 0.15) is 29.7 Å². The van der Waals surface area contributed by atoms with Gasteiger partial charge in [0.1, 0.15) is 0 Å². The normalized spacial score (nSPS) is 17.5. The van der Waals surface area contributed by atoms with Crippen LogP contribution in [0.15, 0.2) is 60.9 Å². The van der Waals surface area contributed by atoms with Crippen LogP contribution in [0.2, 0.25) is 0 Å². The number of nitrogens with one attached hydrogen (secondary N) is 1. The highest BCUT2D eigenvalue weighted by Crippen LogP contribution is 2.41. The first kappa shape index (κ1) is 21.4. The van der Waals surface area contributed by atoms with Gasteiger partial charge in [0.15, 0.2) is 5.82 Å². The number of hydrogen-bond donors (Lipinski definition) is 2. The molecule has 0 atom stereocenters. The van der Waals surface area contributed by atoms with Gasteiger partial charge in [-0.25, -0.2) is 4.98 Å². The lowest BCUT2D eigenvalue weighted by Crippen LogP contribution is -2.62. The third-order valence-corrected chi connectivity index (χ3v) is 8.09. The average molecular weight is 477 g/mol. The largest absolute Gasteiger partial charge is 0.390 e. The molecule has 0 unspecified atom stereocenters. The number of nitrogens with zero attached hydrogens (tertiary/aromatic N) is 5. The second-order valence-electron chi connectivity index (χ2n) is 10.4. The van der Waals surface area contributed by atoms with E-state index in [1.807, 2.05) is 24.3 Å². The molecule has 7 nitrogen and oxygen atoms in total. The summed E-state index contributed by atoms with van der Waals surface area (Å²) in [6.07, 6.45) is 6.52. The van der Waals surface area contributed by atoms with Crippen molar-refractivity contribution in [2.75, 3.05) is 31.1 Å². The number of piperidine rings is 1. The molecule has 4 aromatic rings. The van der Waals surface area contributed by atoms with Crippen molar-refractivity contribution in [1.29, 1.82) is 5.26 Å². The van der Waals surface area contributed by atoms with Gasteiger partial charge in [0.2, 0.25) is 0 Å². The van der Waals surface area contributed by atoms with Gasteiger partial charge in [-0.3, -0.25) is 4.57 Å². The van der Waals surface area contributed by atoms with E-state index in [0.29, 0.717) is 11.0 Å². The van der Waals surface area contributed by atoms with E-state index in [-0.39, 0.29) is 6.61 Å². The Bertz CT molecular complexity index is 1490. The van der Waals surface area contributed by atoms with Gasteiger partial charge in [0, 0.05) is 49.0 Å². The minimum absolute atomic E-state index is 0.0704. The van der Waals surface area contributed by atoms with Crippen LogP contribution in [0.4, 0.5) is 5.69 Å². The van der Waals surface area contributed by atoms with Crippen molar-refractivity contribution in [3.63, 3.8) is 0 Å². The number of benzene rings is 2. The van der Waals surface area contributed by atoms with Gasteiger partial charge >= 0.3 is 0 Å². The predicted octanol–water partition coefficient (Wildman–Crippen LogP) is 3.92. The lowest BCUT2D eigenvalue weighted by Gasteiger charge is -2.53. The molecule has 3 aliphatic heterocycles. The number of aliphatic hydroxyl groups is 1. The van der Waals surface area contributed by atoms with Gasteiger partial charge in [-0.1, -0.05) is 12.1 Å².